The quantitative estimate of drug-likeness (QED) is 0.697. The average molecular weight is 453 g/mol. The van der Waals surface area contributed by atoms with E-state index < -0.39 is 0 Å². The van der Waals surface area contributed by atoms with Crippen molar-refractivity contribution in [1.29, 1.82) is 0 Å². The molecule has 0 aliphatic carbocycles. The average Bonchev–Trinajstić information content (AvgIpc) is 3.34. The zero-order chi connectivity index (χ0) is 23.5. The number of rotatable bonds is 6. The van der Waals surface area contributed by atoms with Crippen molar-refractivity contribution >= 4 is 11.9 Å². The summed E-state index contributed by atoms with van der Waals surface area (Å²) >= 11 is 0. The lowest BCUT2D eigenvalue weighted by Gasteiger charge is -2.35. The van der Waals surface area contributed by atoms with Crippen molar-refractivity contribution in [3.05, 3.63) is 36.2 Å². The molecule has 1 aromatic carbocycles. The molecule has 2 N–H and O–H groups in total. The first-order valence-corrected chi connectivity index (χ1v) is 11.9. The number of hydrogen-bond acceptors (Lipinski definition) is 7. The van der Waals surface area contributed by atoms with Gasteiger partial charge in [0.1, 0.15) is 11.8 Å². The number of carbonyl (C=O) groups is 1. The number of hydrogen-bond donors (Lipinski definition) is 2. The lowest BCUT2D eigenvalue weighted by Crippen LogP contribution is -2.49. The van der Waals surface area contributed by atoms with Gasteiger partial charge in [-0.15, -0.1) is 0 Å². The van der Waals surface area contributed by atoms with Gasteiger partial charge < -0.3 is 14.5 Å². The Kier molecular flexibility index (Phi) is 7.14. The molecule has 1 aromatic heterocycles. The van der Waals surface area contributed by atoms with Gasteiger partial charge in [-0.1, -0.05) is 26.0 Å². The Morgan fingerprint density at radius 2 is 2.09 bits per heavy atom. The van der Waals surface area contributed by atoms with Gasteiger partial charge in [-0.2, -0.15) is 0 Å². The molecule has 178 valence electrons. The third-order valence-corrected chi connectivity index (χ3v) is 6.74. The first kappa shape index (κ1) is 23.4. The SMILES string of the molecule is COc1cccc(-c2cnc(N(C)C)nc2C2CCCN(C(=O)C3CC(C(C)C)NN3)C2)c1. The Hall–Kier alpha value is -2.71. The number of ether oxygens (including phenoxy) is 1. The summed E-state index contributed by atoms with van der Waals surface area (Å²) in [6, 6.07) is 8.15. The summed E-state index contributed by atoms with van der Waals surface area (Å²) in [5.74, 6) is 2.30. The number of nitrogens with zero attached hydrogens (tertiary/aromatic N) is 4. The van der Waals surface area contributed by atoms with Crippen LogP contribution in [0.2, 0.25) is 0 Å². The minimum atomic E-state index is -0.170. The number of benzene rings is 1. The summed E-state index contributed by atoms with van der Waals surface area (Å²) in [7, 11) is 5.57. The molecule has 33 heavy (non-hydrogen) atoms. The fraction of sp³-hybridized carbons (Fsp3) is 0.560. The zero-order valence-corrected chi connectivity index (χ0v) is 20.3. The van der Waals surface area contributed by atoms with E-state index in [1.54, 1.807) is 7.11 Å². The molecule has 2 fully saturated rings. The summed E-state index contributed by atoms with van der Waals surface area (Å²) in [5, 5.41) is 0. The first-order chi connectivity index (χ1) is 15.9. The van der Waals surface area contributed by atoms with Gasteiger partial charge in [0.25, 0.3) is 0 Å². The van der Waals surface area contributed by atoms with Gasteiger partial charge in [-0.05, 0) is 42.9 Å². The molecular weight excluding hydrogens is 416 g/mol. The van der Waals surface area contributed by atoms with Crippen LogP contribution in [0.1, 0.15) is 44.7 Å². The largest absolute Gasteiger partial charge is 0.497 e. The number of hydrazine groups is 1. The van der Waals surface area contributed by atoms with Crippen molar-refractivity contribution in [2.75, 3.05) is 39.2 Å². The molecule has 0 saturated carbocycles. The van der Waals surface area contributed by atoms with Gasteiger partial charge in [0, 0.05) is 50.9 Å². The highest BCUT2D eigenvalue weighted by Crippen LogP contribution is 2.35. The number of piperidine rings is 1. The van der Waals surface area contributed by atoms with Crippen LogP contribution >= 0.6 is 0 Å². The number of nitrogens with one attached hydrogen (secondary N) is 2. The molecule has 2 aliphatic heterocycles. The third-order valence-electron chi connectivity index (χ3n) is 6.74. The highest BCUT2D eigenvalue weighted by Gasteiger charge is 2.36. The van der Waals surface area contributed by atoms with Crippen molar-refractivity contribution in [1.82, 2.24) is 25.7 Å². The molecule has 1 amide bonds. The first-order valence-electron chi connectivity index (χ1n) is 11.9. The number of amides is 1. The highest BCUT2D eigenvalue weighted by atomic mass is 16.5. The number of carbonyl (C=O) groups excluding carboxylic acids is 1. The van der Waals surface area contributed by atoms with Crippen LogP contribution in [0.15, 0.2) is 30.5 Å². The predicted molar refractivity (Wildman–Crippen MR) is 130 cm³/mol. The molecule has 3 unspecified atom stereocenters. The predicted octanol–water partition coefficient (Wildman–Crippen LogP) is 2.82. The molecule has 3 atom stereocenters. The maximum Gasteiger partial charge on any atom is 0.241 e. The van der Waals surface area contributed by atoms with Crippen LogP contribution in [-0.4, -0.2) is 67.2 Å². The maximum atomic E-state index is 13.3. The van der Waals surface area contributed by atoms with E-state index in [9.17, 15) is 4.79 Å². The Morgan fingerprint density at radius 3 is 2.79 bits per heavy atom. The van der Waals surface area contributed by atoms with Crippen molar-refractivity contribution in [2.45, 2.75) is 51.1 Å². The molecule has 8 nitrogen and oxygen atoms in total. The summed E-state index contributed by atoms with van der Waals surface area (Å²) < 4.78 is 5.44. The molecule has 3 heterocycles. The summed E-state index contributed by atoms with van der Waals surface area (Å²) in [5.41, 5.74) is 9.55. The van der Waals surface area contributed by atoms with Crippen LogP contribution in [0.4, 0.5) is 5.95 Å². The summed E-state index contributed by atoms with van der Waals surface area (Å²) in [6.07, 6.45) is 4.69. The molecule has 8 heteroatoms. The molecule has 0 radical (unpaired) electrons. The normalized spacial score (nSPS) is 23.1. The van der Waals surface area contributed by atoms with E-state index >= 15 is 0 Å². The minimum absolute atomic E-state index is 0.154. The molecule has 4 rings (SSSR count). The van der Waals surface area contributed by atoms with Gasteiger partial charge in [-0.3, -0.25) is 10.2 Å². The van der Waals surface area contributed by atoms with Gasteiger partial charge in [0.2, 0.25) is 11.9 Å². The van der Waals surface area contributed by atoms with Crippen LogP contribution in [0, 0.1) is 5.92 Å². The second kappa shape index (κ2) is 10.1. The summed E-state index contributed by atoms with van der Waals surface area (Å²) in [6.45, 7) is 5.82. The van der Waals surface area contributed by atoms with Gasteiger partial charge >= 0.3 is 0 Å². The van der Waals surface area contributed by atoms with Crippen molar-refractivity contribution < 1.29 is 9.53 Å². The molecule has 2 saturated heterocycles. The molecule has 0 spiro atoms. The maximum absolute atomic E-state index is 13.3. The van der Waals surface area contributed by atoms with E-state index in [1.807, 2.05) is 48.3 Å². The molecular formula is C25H36N6O2. The van der Waals surface area contributed by atoms with Crippen LogP contribution in [0.25, 0.3) is 11.1 Å². The highest BCUT2D eigenvalue weighted by molar-refractivity contribution is 5.82. The fourth-order valence-electron chi connectivity index (χ4n) is 4.73. The van der Waals surface area contributed by atoms with Gasteiger partial charge in [-0.25, -0.2) is 15.4 Å². The Morgan fingerprint density at radius 1 is 1.27 bits per heavy atom. The number of aromatic nitrogens is 2. The number of likely N-dealkylation sites (tertiary alicyclic amines) is 1. The van der Waals surface area contributed by atoms with Crippen LogP contribution in [0.5, 0.6) is 5.75 Å². The van der Waals surface area contributed by atoms with Crippen LogP contribution in [-0.2, 0) is 4.79 Å². The van der Waals surface area contributed by atoms with E-state index in [-0.39, 0.29) is 17.9 Å². The van der Waals surface area contributed by atoms with Gasteiger partial charge in [0.15, 0.2) is 0 Å². The van der Waals surface area contributed by atoms with Gasteiger partial charge in [0.05, 0.1) is 12.8 Å². The molecule has 2 aliphatic rings. The number of methoxy groups -OCH3 is 1. The monoisotopic (exact) mass is 452 g/mol. The van der Waals surface area contributed by atoms with E-state index in [4.69, 9.17) is 9.72 Å². The molecule has 0 bridgehead atoms. The Balaban J connectivity index is 1.60. The second-order valence-corrected chi connectivity index (χ2v) is 9.65. The fourth-order valence-corrected chi connectivity index (χ4v) is 4.73. The Bertz CT molecular complexity index is 979. The second-order valence-electron chi connectivity index (χ2n) is 9.65. The summed E-state index contributed by atoms with van der Waals surface area (Å²) in [4.78, 5) is 26.8. The van der Waals surface area contributed by atoms with E-state index in [1.165, 1.54) is 0 Å². The Labute approximate surface area is 196 Å². The van der Waals surface area contributed by atoms with Crippen molar-refractivity contribution in [2.24, 2.45) is 5.92 Å². The van der Waals surface area contributed by atoms with Crippen molar-refractivity contribution in [3.8, 4) is 16.9 Å². The smallest absolute Gasteiger partial charge is 0.241 e. The standard InChI is InChI=1S/C25H36N6O2/c1-16(2)21-13-22(29-28-21)24(32)31-11-7-9-18(15-31)23-20(14-26-25(27-23)30(3)4)17-8-6-10-19(12-17)33-5/h6,8,10,12,14,16,18,21-22,28-29H,7,9,11,13,15H2,1-5H3. The topological polar surface area (TPSA) is 82.6 Å². The van der Waals surface area contributed by atoms with E-state index in [2.05, 4.69) is 35.7 Å². The van der Waals surface area contributed by atoms with Crippen molar-refractivity contribution in [3.63, 3.8) is 0 Å². The van der Waals surface area contributed by atoms with Crippen LogP contribution in [0.3, 0.4) is 0 Å². The lowest BCUT2D eigenvalue weighted by atomic mass is 9.89. The lowest BCUT2D eigenvalue weighted by molar-refractivity contribution is -0.134. The van der Waals surface area contributed by atoms with E-state index in [0.717, 1.165) is 48.4 Å². The molecule has 2 aromatic rings. The number of anilines is 1. The third kappa shape index (κ3) is 5.12. The minimum Gasteiger partial charge on any atom is -0.497 e. The zero-order valence-electron chi connectivity index (χ0n) is 20.3. The van der Waals surface area contributed by atoms with Crippen LogP contribution < -0.4 is 20.5 Å². The van der Waals surface area contributed by atoms with E-state index in [0.29, 0.717) is 24.5 Å².